The Bertz CT molecular complexity index is 1980. The number of rotatable bonds is 11. The molecular formula is C41H52N10O4. The summed E-state index contributed by atoms with van der Waals surface area (Å²) in [5.41, 5.74) is 3.60. The lowest BCUT2D eigenvalue weighted by Gasteiger charge is -2.43. The molecule has 3 aliphatic heterocycles. The van der Waals surface area contributed by atoms with E-state index in [1.54, 1.807) is 31.4 Å². The average Bonchev–Trinajstić information content (AvgIpc) is 3.87. The maximum atomic E-state index is 13.0. The summed E-state index contributed by atoms with van der Waals surface area (Å²) in [5.74, 6) is 1.16. The Morgan fingerprint density at radius 2 is 1.65 bits per heavy atom. The van der Waals surface area contributed by atoms with Gasteiger partial charge >= 0.3 is 0 Å². The van der Waals surface area contributed by atoms with Gasteiger partial charge in [0.15, 0.2) is 0 Å². The van der Waals surface area contributed by atoms with Gasteiger partial charge in [-0.3, -0.25) is 29.5 Å². The van der Waals surface area contributed by atoms with Crippen LogP contribution in [0.5, 0.6) is 5.75 Å². The zero-order chi connectivity index (χ0) is 37.9. The molecule has 14 heteroatoms. The normalized spacial score (nSPS) is 20.5. The lowest BCUT2D eigenvalue weighted by atomic mass is 9.90. The average molecular weight is 749 g/mol. The minimum Gasteiger partial charge on any atom is -0.491 e. The van der Waals surface area contributed by atoms with Crippen molar-refractivity contribution in [2.24, 2.45) is 0 Å². The van der Waals surface area contributed by atoms with E-state index >= 15 is 0 Å². The molecule has 55 heavy (non-hydrogen) atoms. The van der Waals surface area contributed by atoms with Crippen LogP contribution in [0.15, 0.2) is 54.9 Å². The molecule has 0 spiro atoms. The molecule has 1 aromatic carbocycles. The molecule has 290 valence electrons. The number of piperazine rings is 1. The Morgan fingerprint density at radius 3 is 2.35 bits per heavy atom. The standard InChI is InChI=1S/C41H52N10O4/c1-47(2)40(54)35-25-29-26-43-41(46-38(29)51(35)32-5-3-4-6-32)44-36-13-11-33(27-42-36)55-24-23-48-17-15-31(16-18-48)50-21-19-49(20-22-50)30-9-7-28(8-10-30)34-12-14-37(52)45-39(34)53/h7-11,13,25-27,31-32,34H,3-6,12,14-24H2,1-2H3,(H,45,52,53)(H,42,43,44,46). The maximum absolute atomic E-state index is 13.0. The summed E-state index contributed by atoms with van der Waals surface area (Å²) >= 11 is 0. The van der Waals surface area contributed by atoms with Gasteiger partial charge in [-0.05, 0) is 81.1 Å². The van der Waals surface area contributed by atoms with Gasteiger partial charge in [0.2, 0.25) is 17.8 Å². The van der Waals surface area contributed by atoms with Crippen molar-refractivity contribution in [3.8, 4) is 5.75 Å². The first-order chi connectivity index (χ1) is 26.8. The van der Waals surface area contributed by atoms with Gasteiger partial charge < -0.3 is 24.4 Å². The molecule has 3 saturated heterocycles. The fourth-order valence-corrected chi connectivity index (χ4v) is 8.72. The van der Waals surface area contributed by atoms with Gasteiger partial charge in [0.1, 0.15) is 29.5 Å². The molecule has 3 aromatic heterocycles. The summed E-state index contributed by atoms with van der Waals surface area (Å²) in [6, 6.07) is 14.9. The topological polar surface area (TPSA) is 141 Å². The fourth-order valence-electron chi connectivity index (χ4n) is 8.72. The minimum atomic E-state index is -0.241. The third kappa shape index (κ3) is 8.30. The molecule has 2 N–H and O–H groups in total. The third-order valence-corrected chi connectivity index (χ3v) is 11.8. The van der Waals surface area contributed by atoms with Gasteiger partial charge in [-0.25, -0.2) is 9.97 Å². The Labute approximate surface area is 322 Å². The highest BCUT2D eigenvalue weighted by atomic mass is 16.5. The predicted molar refractivity (Wildman–Crippen MR) is 211 cm³/mol. The molecule has 0 radical (unpaired) electrons. The summed E-state index contributed by atoms with van der Waals surface area (Å²) in [6.45, 7) is 7.69. The lowest BCUT2D eigenvalue weighted by Crippen LogP contribution is -2.53. The molecule has 1 saturated carbocycles. The molecule has 4 aromatic rings. The van der Waals surface area contributed by atoms with E-state index in [1.807, 2.05) is 30.3 Å². The number of benzene rings is 1. The SMILES string of the molecule is CN(C)C(=O)c1cc2cnc(Nc3ccc(OCCN4CCC(N5CCN(c6ccc(C7CCC(=O)NC7=O)cc6)CC5)CC4)cn3)nc2n1C1CCCC1. The molecular weight excluding hydrogens is 697 g/mol. The van der Waals surface area contributed by atoms with Crippen LogP contribution in [0.1, 0.15) is 79.4 Å². The first-order valence-electron chi connectivity index (χ1n) is 19.9. The third-order valence-electron chi connectivity index (χ3n) is 11.8. The van der Waals surface area contributed by atoms with Gasteiger partial charge in [0.25, 0.3) is 5.91 Å². The van der Waals surface area contributed by atoms with Crippen LogP contribution < -0.4 is 20.3 Å². The monoisotopic (exact) mass is 748 g/mol. The van der Waals surface area contributed by atoms with Gasteiger partial charge in [0.05, 0.1) is 12.1 Å². The quantitative estimate of drug-likeness (QED) is 0.209. The minimum absolute atomic E-state index is 0.0258. The number of nitrogens with zero attached hydrogens (tertiary/aromatic N) is 8. The number of amides is 3. The predicted octanol–water partition coefficient (Wildman–Crippen LogP) is 4.57. The number of anilines is 3. The first kappa shape index (κ1) is 36.9. The maximum Gasteiger partial charge on any atom is 0.270 e. The van der Waals surface area contributed by atoms with Crippen molar-refractivity contribution < 1.29 is 19.1 Å². The van der Waals surface area contributed by atoms with Crippen molar-refractivity contribution in [1.82, 2.24) is 39.5 Å². The molecule has 4 aliphatic rings. The number of carbonyl (C=O) groups is 3. The molecule has 4 fully saturated rings. The van der Waals surface area contributed by atoms with Crippen LogP contribution in [0.25, 0.3) is 11.0 Å². The highest BCUT2D eigenvalue weighted by molar-refractivity contribution is 6.01. The van der Waals surface area contributed by atoms with Crippen LogP contribution in [0.3, 0.4) is 0 Å². The molecule has 8 rings (SSSR count). The van der Waals surface area contributed by atoms with E-state index in [4.69, 9.17) is 9.72 Å². The van der Waals surface area contributed by atoms with E-state index in [9.17, 15) is 14.4 Å². The highest BCUT2D eigenvalue weighted by Crippen LogP contribution is 2.35. The fraction of sp³-hybridized carbons (Fsp3) is 0.512. The van der Waals surface area contributed by atoms with Crippen LogP contribution >= 0.6 is 0 Å². The second-order valence-corrected chi connectivity index (χ2v) is 15.6. The second-order valence-electron chi connectivity index (χ2n) is 15.6. The van der Waals surface area contributed by atoms with E-state index in [0.717, 1.165) is 107 Å². The van der Waals surface area contributed by atoms with Crippen molar-refractivity contribution in [3.63, 3.8) is 0 Å². The van der Waals surface area contributed by atoms with Crippen LogP contribution in [0.4, 0.5) is 17.5 Å². The number of likely N-dealkylation sites (tertiary alicyclic amines) is 1. The number of fused-ring (bicyclic) bond motifs is 1. The summed E-state index contributed by atoms with van der Waals surface area (Å²) in [4.78, 5) is 60.0. The summed E-state index contributed by atoms with van der Waals surface area (Å²) in [6.07, 6.45) is 11.2. The van der Waals surface area contributed by atoms with Crippen LogP contribution in [0.2, 0.25) is 0 Å². The zero-order valence-electron chi connectivity index (χ0n) is 32.0. The number of hydrogen-bond donors (Lipinski definition) is 2. The van der Waals surface area contributed by atoms with E-state index in [1.165, 1.54) is 5.69 Å². The van der Waals surface area contributed by atoms with Gasteiger partial charge in [-0.15, -0.1) is 0 Å². The first-order valence-corrected chi connectivity index (χ1v) is 19.9. The van der Waals surface area contributed by atoms with Gasteiger partial charge in [0, 0.05) is 82.6 Å². The molecule has 3 amide bonds. The van der Waals surface area contributed by atoms with E-state index in [0.29, 0.717) is 43.0 Å². The number of aromatic nitrogens is 4. The molecule has 0 bridgehead atoms. The molecule has 6 heterocycles. The number of imide groups is 1. The van der Waals surface area contributed by atoms with Gasteiger partial charge in [-0.2, -0.15) is 4.98 Å². The summed E-state index contributed by atoms with van der Waals surface area (Å²) in [5, 5.41) is 6.56. The van der Waals surface area contributed by atoms with Crippen molar-refractivity contribution >= 4 is 46.2 Å². The summed E-state index contributed by atoms with van der Waals surface area (Å²) in [7, 11) is 3.56. The van der Waals surface area contributed by atoms with E-state index in [-0.39, 0.29) is 29.7 Å². The summed E-state index contributed by atoms with van der Waals surface area (Å²) < 4.78 is 8.20. The molecule has 1 atom stereocenters. The number of nitrogens with one attached hydrogen (secondary N) is 2. The number of ether oxygens (including phenoxy) is 1. The van der Waals surface area contributed by atoms with Gasteiger partial charge in [-0.1, -0.05) is 25.0 Å². The molecule has 14 nitrogen and oxygen atoms in total. The van der Waals surface area contributed by atoms with Crippen molar-refractivity contribution in [3.05, 3.63) is 66.1 Å². The highest BCUT2D eigenvalue weighted by Gasteiger charge is 2.30. The zero-order valence-corrected chi connectivity index (χ0v) is 32.0. The second kappa shape index (κ2) is 16.3. The number of carbonyl (C=O) groups excluding carboxylic acids is 3. The van der Waals surface area contributed by atoms with Crippen molar-refractivity contribution in [2.45, 2.75) is 69.4 Å². The Hall–Kier alpha value is -5.08. The number of piperidine rings is 2. The largest absolute Gasteiger partial charge is 0.491 e. The molecule has 1 aliphatic carbocycles. The van der Waals surface area contributed by atoms with E-state index in [2.05, 4.69) is 52.0 Å². The lowest BCUT2D eigenvalue weighted by molar-refractivity contribution is -0.134. The van der Waals surface area contributed by atoms with Crippen molar-refractivity contribution in [2.75, 3.05) is 76.7 Å². The molecule has 1 unspecified atom stereocenters. The van der Waals surface area contributed by atoms with Crippen LogP contribution in [-0.4, -0.2) is 124 Å². The van der Waals surface area contributed by atoms with Crippen LogP contribution in [-0.2, 0) is 9.59 Å². The van der Waals surface area contributed by atoms with Crippen LogP contribution in [0, 0.1) is 0 Å². The Balaban J connectivity index is 0.768. The van der Waals surface area contributed by atoms with E-state index < -0.39 is 0 Å². The Kier molecular flexibility index (Phi) is 11.0. The Morgan fingerprint density at radius 1 is 0.891 bits per heavy atom. The smallest absolute Gasteiger partial charge is 0.270 e. The number of hydrogen-bond acceptors (Lipinski definition) is 11. The number of pyridine rings is 1. The van der Waals surface area contributed by atoms with Crippen molar-refractivity contribution in [1.29, 1.82) is 0 Å².